The van der Waals surface area contributed by atoms with Crippen LogP contribution >= 0.6 is 0 Å². The Morgan fingerprint density at radius 3 is 2.50 bits per heavy atom. The Labute approximate surface area is 127 Å². The number of ether oxygens (including phenoxy) is 1. The number of methoxy groups -OCH3 is 1. The second-order valence-corrected chi connectivity index (χ2v) is 5.35. The number of carbonyl (C=O) groups excluding carboxylic acids is 1. The molecule has 2 N–H and O–H groups in total. The Bertz CT molecular complexity index is 552. The molecule has 0 radical (unpaired) electrons. The minimum atomic E-state index is -4.51. The molecule has 1 aliphatic rings. The summed E-state index contributed by atoms with van der Waals surface area (Å²) in [6.07, 6.45) is -2.87. The van der Waals surface area contributed by atoms with Crippen LogP contribution in [0.2, 0.25) is 0 Å². The van der Waals surface area contributed by atoms with Gasteiger partial charge in [0.15, 0.2) is 0 Å². The van der Waals surface area contributed by atoms with Crippen molar-refractivity contribution in [3.8, 4) is 0 Å². The number of hydrogen-bond donors (Lipinski definition) is 2. The molecule has 0 aromatic heterocycles. The van der Waals surface area contributed by atoms with Gasteiger partial charge in [0, 0.05) is 11.7 Å². The van der Waals surface area contributed by atoms with Crippen LogP contribution in [0.4, 0.5) is 18.9 Å². The van der Waals surface area contributed by atoms with E-state index < -0.39 is 17.7 Å². The first-order chi connectivity index (χ1) is 10.3. The average Bonchev–Trinajstić information content (AvgIpc) is 2.48. The van der Waals surface area contributed by atoms with Crippen LogP contribution in [0.15, 0.2) is 12.1 Å². The van der Waals surface area contributed by atoms with Gasteiger partial charge in [-0.05, 0) is 50.6 Å². The predicted molar refractivity (Wildman–Crippen MR) is 77.0 cm³/mol. The van der Waals surface area contributed by atoms with Crippen molar-refractivity contribution in [2.24, 2.45) is 0 Å². The van der Waals surface area contributed by atoms with Crippen LogP contribution in [-0.4, -0.2) is 32.2 Å². The summed E-state index contributed by atoms with van der Waals surface area (Å²) in [5.41, 5.74) is -0.107. The normalized spacial score (nSPS) is 16.4. The molecule has 1 aromatic carbocycles. The fourth-order valence-electron chi connectivity index (χ4n) is 2.54. The number of anilines is 1. The Hall–Kier alpha value is -1.76. The highest BCUT2D eigenvalue weighted by atomic mass is 19.4. The van der Waals surface area contributed by atoms with E-state index in [1.165, 1.54) is 0 Å². The third kappa shape index (κ3) is 3.71. The van der Waals surface area contributed by atoms with Gasteiger partial charge in [0.25, 0.3) is 0 Å². The summed E-state index contributed by atoms with van der Waals surface area (Å²) in [7, 11) is 1.15. The zero-order chi connectivity index (χ0) is 16.3. The van der Waals surface area contributed by atoms with Crippen molar-refractivity contribution < 1.29 is 22.7 Å². The molecule has 122 valence electrons. The van der Waals surface area contributed by atoms with Gasteiger partial charge in [-0.1, -0.05) is 0 Å². The quantitative estimate of drug-likeness (QED) is 0.842. The van der Waals surface area contributed by atoms with Crippen LogP contribution < -0.4 is 10.6 Å². The number of hydrogen-bond acceptors (Lipinski definition) is 4. The van der Waals surface area contributed by atoms with E-state index >= 15 is 0 Å². The van der Waals surface area contributed by atoms with Gasteiger partial charge in [-0.3, -0.25) is 0 Å². The average molecular weight is 316 g/mol. The third-order valence-electron chi connectivity index (χ3n) is 3.84. The van der Waals surface area contributed by atoms with Gasteiger partial charge in [-0.25, -0.2) is 4.79 Å². The number of nitrogens with one attached hydrogen (secondary N) is 2. The fourth-order valence-corrected chi connectivity index (χ4v) is 2.54. The Morgan fingerprint density at radius 2 is 1.95 bits per heavy atom. The molecule has 22 heavy (non-hydrogen) atoms. The molecular formula is C15H19F3N2O2. The lowest BCUT2D eigenvalue weighted by Crippen LogP contribution is -2.35. The number of alkyl halides is 3. The first kappa shape index (κ1) is 16.6. The van der Waals surface area contributed by atoms with Crippen LogP contribution in [0.5, 0.6) is 0 Å². The van der Waals surface area contributed by atoms with Crippen LogP contribution in [0.1, 0.15) is 34.3 Å². The van der Waals surface area contributed by atoms with Crippen molar-refractivity contribution in [2.45, 2.75) is 32.0 Å². The number of piperidine rings is 1. The maximum atomic E-state index is 13.0. The van der Waals surface area contributed by atoms with Gasteiger partial charge in [0.1, 0.15) is 0 Å². The molecule has 0 atom stereocenters. The van der Waals surface area contributed by atoms with Gasteiger partial charge < -0.3 is 15.4 Å². The summed E-state index contributed by atoms with van der Waals surface area (Å²) in [6, 6.07) is 1.99. The first-order valence-electron chi connectivity index (χ1n) is 7.10. The van der Waals surface area contributed by atoms with Gasteiger partial charge >= 0.3 is 12.1 Å². The standard InChI is InChI=1S/C15H19F3N2O2/c1-9-12(14(21)22-2)7-10(15(16,17)18)8-13(9)20-11-3-5-19-6-4-11/h7-8,11,19-20H,3-6H2,1-2H3. The molecule has 0 bridgehead atoms. The fraction of sp³-hybridized carbons (Fsp3) is 0.533. The van der Waals surface area contributed by atoms with Crippen LogP contribution in [0.3, 0.4) is 0 Å². The Kier molecular flexibility index (Phi) is 4.95. The molecule has 0 unspecified atom stereocenters. The molecule has 0 saturated carbocycles. The number of benzene rings is 1. The molecule has 1 saturated heterocycles. The highest BCUT2D eigenvalue weighted by Gasteiger charge is 2.33. The second-order valence-electron chi connectivity index (χ2n) is 5.35. The number of rotatable bonds is 3. The van der Waals surface area contributed by atoms with Crippen molar-refractivity contribution in [2.75, 3.05) is 25.5 Å². The van der Waals surface area contributed by atoms with Crippen LogP contribution in [0.25, 0.3) is 0 Å². The second kappa shape index (κ2) is 6.56. The molecule has 1 aromatic rings. The monoisotopic (exact) mass is 316 g/mol. The Balaban J connectivity index is 2.39. The van der Waals surface area contributed by atoms with Gasteiger partial charge in [-0.2, -0.15) is 13.2 Å². The minimum Gasteiger partial charge on any atom is -0.465 e. The molecule has 0 spiro atoms. The molecule has 1 aliphatic heterocycles. The van der Waals surface area contributed by atoms with Crippen molar-refractivity contribution in [1.29, 1.82) is 0 Å². The largest absolute Gasteiger partial charge is 0.465 e. The maximum Gasteiger partial charge on any atom is 0.416 e. The lowest BCUT2D eigenvalue weighted by atomic mass is 10.00. The molecule has 1 heterocycles. The molecule has 4 nitrogen and oxygen atoms in total. The summed E-state index contributed by atoms with van der Waals surface area (Å²) in [6.45, 7) is 3.26. The van der Waals surface area contributed by atoms with Gasteiger partial charge in [0.05, 0.1) is 18.2 Å². The van der Waals surface area contributed by atoms with Gasteiger partial charge in [-0.15, -0.1) is 0 Å². The predicted octanol–water partition coefficient (Wildman–Crippen LogP) is 2.96. The van der Waals surface area contributed by atoms with E-state index in [-0.39, 0.29) is 11.6 Å². The molecule has 2 rings (SSSR count). The van der Waals surface area contributed by atoms with Crippen LogP contribution in [0, 0.1) is 6.92 Å². The van der Waals surface area contributed by atoms with Crippen molar-refractivity contribution in [1.82, 2.24) is 5.32 Å². The third-order valence-corrected chi connectivity index (χ3v) is 3.84. The van der Waals surface area contributed by atoms with E-state index in [2.05, 4.69) is 15.4 Å². The molecule has 1 fully saturated rings. The summed E-state index contributed by atoms with van der Waals surface area (Å²) < 4.78 is 43.7. The number of carbonyl (C=O) groups is 1. The SMILES string of the molecule is COC(=O)c1cc(C(F)(F)F)cc(NC2CCNCC2)c1C. The summed E-state index contributed by atoms with van der Waals surface area (Å²) in [5, 5.41) is 6.33. The number of esters is 1. The van der Waals surface area contributed by atoms with E-state index in [4.69, 9.17) is 0 Å². The van der Waals surface area contributed by atoms with E-state index in [0.717, 1.165) is 45.2 Å². The van der Waals surface area contributed by atoms with Crippen LogP contribution in [-0.2, 0) is 10.9 Å². The summed E-state index contributed by atoms with van der Waals surface area (Å²) in [4.78, 5) is 11.7. The smallest absolute Gasteiger partial charge is 0.416 e. The number of halogens is 3. The van der Waals surface area contributed by atoms with E-state index in [1.54, 1.807) is 6.92 Å². The molecule has 0 aliphatic carbocycles. The highest BCUT2D eigenvalue weighted by Crippen LogP contribution is 2.34. The lowest BCUT2D eigenvalue weighted by molar-refractivity contribution is -0.137. The van der Waals surface area contributed by atoms with Crippen molar-refractivity contribution in [3.05, 3.63) is 28.8 Å². The molecule has 0 amide bonds. The van der Waals surface area contributed by atoms with E-state index in [0.29, 0.717) is 11.3 Å². The van der Waals surface area contributed by atoms with E-state index in [1.807, 2.05) is 0 Å². The minimum absolute atomic E-state index is 0.0613. The summed E-state index contributed by atoms with van der Waals surface area (Å²) in [5.74, 6) is -0.767. The first-order valence-corrected chi connectivity index (χ1v) is 7.10. The van der Waals surface area contributed by atoms with Gasteiger partial charge in [0.2, 0.25) is 0 Å². The topological polar surface area (TPSA) is 50.4 Å². The van der Waals surface area contributed by atoms with Crippen molar-refractivity contribution in [3.63, 3.8) is 0 Å². The maximum absolute atomic E-state index is 13.0. The van der Waals surface area contributed by atoms with Crippen molar-refractivity contribution >= 4 is 11.7 Å². The highest BCUT2D eigenvalue weighted by molar-refractivity contribution is 5.93. The zero-order valence-corrected chi connectivity index (χ0v) is 12.5. The molecular weight excluding hydrogens is 297 g/mol. The summed E-state index contributed by atoms with van der Waals surface area (Å²) >= 11 is 0. The lowest BCUT2D eigenvalue weighted by Gasteiger charge is -2.26. The zero-order valence-electron chi connectivity index (χ0n) is 12.5. The molecule has 7 heteroatoms. The Morgan fingerprint density at radius 1 is 1.32 bits per heavy atom. The van der Waals surface area contributed by atoms with E-state index in [9.17, 15) is 18.0 Å².